The van der Waals surface area contributed by atoms with Gasteiger partial charge in [0.2, 0.25) is 0 Å². The van der Waals surface area contributed by atoms with Crippen LogP contribution in [0, 0.1) is 6.92 Å². The molecule has 0 spiro atoms. The normalized spacial score (nSPS) is 10.2. The first-order chi connectivity index (χ1) is 8.67. The van der Waals surface area contributed by atoms with Crippen LogP contribution in [0.3, 0.4) is 0 Å². The third-order valence-electron chi connectivity index (χ3n) is 3.00. The SMILES string of the molecule is COc1cccc(OC)c1-c1ccc(C)c(N)c1. The highest BCUT2D eigenvalue weighted by molar-refractivity contribution is 5.79. The largest absolute Gasteiger partial charge is 0.496 e. The number of nitrogen functional groups attached to an aromatic ring is 1. The lowest BCUT2D eigenvalue weighted by Crippen LogP contribution is -1.95. The van der Waals surface area contributed by atoms with Crippen LogP contribution < -0.4 is 15.2 Å². The molecule has 2 N–H and O–H groups in total. The quantitative estimate of drug-likeness (QED) is 0.841. The van der Waals surface area contributed by atoms with Gasteiger partial charge < -0.3 is 15.2 Å². The monoisotopic (exact) mass is 243 g/mol. The van der Waals surface area contributed by atoms with Crippen molar-refractivity contribution in [2.24, 2.45) is 0 Å². The Bertz CT molecular complexity index is 542. The van der Waals surface area contributed by atoms with Crippen molar-refractivity contribution < 1.29 is 9.47 Å². The van der Waals surface area contributed by atoms with Crippen LogP contribution in [-0.2, 0) is 0 Å². The molecule has 0 aliphatic heterocycles. The Morgan fingerprint density at radius 1 is 0.944 bits per heavy atom. The molecular formula is C15H17NO2. The van der Waals surface area contributed by atoms with Crippen LogP contribution in [0.15, 0.2) is 36.4 Å². The maximum absolute atomic E-state index is 5.96. The first-order valence-electron chi connectivity index (χ1n) is 5.75. The van der Waals surface area contributed by atoms with Gasteiger partial charge >= 0.3 is 0 Å². The minimum atomic E-state index is 0.764. The molecule has 18 heavy (non-hydrogen) atoms. The summed E-state index contributed by atoms with van der Waals surface area (Å²) in [5.74, 6) is 1.55. The summed E-state index contributed by atoms with van der Waals surface area (Å²) in [5, 5.41) is 0. The van der Waals surface area contributed by atoms with Crippen LogP contribution in [0.25, 0.3) is 11.1 Å². The topological polar surface area (TPSA) is 44.5 Å². The van der Waals surface area contributed by atoms with E-state index < -0.39 is 0 Å². The van der Waals surface area contributed by atoms with Gasteiger partial charge in [-0.15, -0.1) is 0 Å². The number of hydrogen-bond donors (Lipinski definition) is 1. The fourth-order valence-corrected chi connectivity index (χ4v) is 1.93. The zero-order valence-electron chi connectivity index (χ0n) is 10.9. The lowest BCUT2D eigenvalue weighted by Gasteiger charge is -2.14. The van der Waals surface area contributed by atoms with Gasteiger partial charge in [0.25, 0.3) is 0 Å². The summed E-state index contributed by atoms with van der Waals surface area (Å²) in [6.45, 7) is 1.98. The van der Waals surface area contributed by atoms with Crippen molar-refractivity contribution in [1.29, 1.82) is 0 Å². The Morgan fingerprint density at radius 3 is 2.06 bits per heavy atom. The summed E-state index contributed by atoms with van der Waals surface area (Å²) in [6, 6.07) is 11.7. The number of nitrogens with two attached hydrogens (primary N) is 1. The van der Waals surface area contributed by atoms with Gasteiger partial charge in [-0.05, 0) is 36.2 Å². The van der Waals surface area contributed by atoms with Gasteiger partial charge in [0.1, 0.15) is 11.5 Å². The smallest absolute Gasteiger partial charge is 0.130 e. The number of ether oxygens (including phenoxy) is 2. The Morgan fingerprint density at radius 2 is 1.56 bits per heavy atom. The molecule has 3 heteroatoms. The predicted octanol–water partition coefficient (Wildman–Crippen LogP) is 3.26. The predicted molar refractivity (Wildman–Crippen MR) is 74.1 cm³/mol. The first kappa shape index (κ1) is 12.3. The second-order valence-electron chi connectivity index (χ2n) is 4.11. The highest BCUT2D eigenvalue weighted by Gasteiger charge is 2.12. The van der Waals surface area contributed by atoms with Gasteiger partial charge in [0.05, 0.1) is 19.8 Å². The second kappa shape index (κ2) is 5.00. The highest BCUT2D eigenvalue weighted by Crippen LogP contribution is 2.39. The van der Waals surface area contributed by atoms with Crippen LogP contribution in [-0.4, -0.2) is 14.2 Å². The van der Waals surface area contributed by atoms with Gasteiger partial charge in [-0.25, -0.2) is 0 Å². The van der Waals surface area contributed by atoms with Crippen molar-refractivity contribution >= 4 is 5.69 Å². The molecule has 0 unspecified atom stereocenters. The Kier molecular flexibility index (Phi) is 3.42. The Balaban J connectivity index is 2.64. The van der Waals surface area contributed by atoms with Crippen molar-refractivity contribution in [1.82, 2.24) is 0 Å². The number of hydrogen-bond acceptors (Lipinski definition) is 3. The number of benzene rings is 2. The highest BCUT2D eigenvalue weighted by atomic mass is 16.5. The van der Waals surface area contributed by atoms with Gasteiger partial charge in [-0.3, -0.25) is 0 Å². The fraction of sp³-hybridized carbons (Fsp3) is 0.200. The first-order valence-corrected chi connectivity index (χ1v) is 5.75. The molecule has 0 aromatic heterocycles. The maximum Gasteiger partial charge on any atom is 0.130 e. The number of anilines is 1. The van der Waals surface area contributed by atoms with Gasteiger partial charge in [0, 0.05) is 5.69 Å². The summed E-state index contributed by atoms with van der Waals surface area (Å²) in [5.41, 5.74) is 9.70. The van der Waals surface area contributed by atoms with Gasteiger partial charge in [-0.2, -0.15) is 0 Å². The molecule has 2 aromatic carbocycles. The average Bonchev–Trinajstić information content (AvgIpc) is 2.41. The van der Waals surface area contributed by atoms with Crippen LogP contribution in [0.5, 0.6) is 11.5 Å². The Hall–Kier alpha value is -2.16. The zero-order valence-corrected chi connectivity index (χ0v) is 10.9. The third kappa shape index (κ3) is 2.12. The number of rotatable bonds is 3. The van der Waals surface area contributed by atoms with Gasteiger partial charge in [0.15, 0.2) is 0 Å². The maximum atomic E-state index is 5.96. The van der Waals surface area contributed by atoms with Crippen LogP contribution in [0.4, 0.5) is 5.69 Å². The molecule has 2 aromatic rings. The molecule has 0 atom stereocenters. The summed E-state index contributed by atoms with van der Waals surface area (Å²) < 4.78 is 10.8. The van der Waals surface area contributed by atoms with E-state index in [0.29, 0.717) is 0 Å². The molecular weight excluding hydrogens is 226 g/mol. The molecule has 0 aliphatic carbocycles. The minimum Gasteiger partial charge on any atom is -0.496 e. The number of methoxy groups -OCH3 is 2. The van der Waals surface area contributed by atoms with E-state index in [1.54, 1.807) is 14.2 Å². The molecule has 0 amide bonds. The zero-order chi connectivity index (χ0) is 13.1. The van der Waals surface area contributed by atoms with E-state index >= 15 is 0 Å². The van der Waals surface area contributed by atoms with E-state index in [4.69, 9.17) is 15.2 Å². The van der Waals surface area contributed by atoms with E-state index in [0.717, 1.165) is 33.9 Å². The summed E-state index contributed by atoms with van der Waals surface area (Å²) >= 11 is 0. The van der Waals surface area contributed by atoms with Crippen molar-refractivity contribution in [2.45, 2.75) is 6.92 Å². The fourth-order valence-electron chi connectivity index (χ4n) is 1.93. The molecule has 0 saturated carbocycles. The van der Waals surface area contributed by atoms with Crippen LogP contribution in [0.1, 0.15) is 5.56 Å². The molecule has 0 heterocycles. The van der Waals surface area contributed by atoms with E-state index in [-0.39, 0.29) is 0 Å². The Labute approximate surface area is 107 Å². The molecule has 0 aliphatic rings. The molecule has 94 valence electrons. The number of aryl methyl sites for hydroxylation is 1. The standard InChI is InChI=1S/C15H17NO2/c1-10-7-8-11(9-12(10)16)15-13(17-2)5-4-6-14(15)18-3/h4-9H,16H2,1-3H3. The van der Waals surface area contributed by atoms with Crippen molar-refractivity contribution in [3.05, 3.63) is 42.0 Å². The summed E-state index contributed by atoms with van der Waals surface area (Å²) in [4.78, 5) is 0. The molecule has 0 fully saturated rings. The molecule has 2 rings (SSSR count). The minimum absolute atomic E-state index is 0.764. The van der Waals surface area contributed by atoms with E-state index in [1.165, 1.54) is 0 Å². The van der Waals surface area contributed by atoms with E-state index in [9.17, 15) is 0 Å². The van der Waals surface area contributed by atoms with E-state index in [1.807, 2.05) is 43.3 Å². The van der Waals surface area contributed by atoms with Crippen molar-refractivity contribution in [3.63, 3.8) is 0 Å². The van der Waals surface area contributed by atoms with Crippen LogP contribution >= 0.6 is 0 Å². The van der Waals surface area contributed by atoms with Crippen LogP contribution in [0.2, 0.25) is 0 Å². The second-order valence-corrected chi connectivity index (χ2v) is 4.11. The van der Waals surface area contributed by atoms with Crippen molar-refractivity contribution in [3.8, 4) is 22.6 Å². The van der Waals surface area contributed by atoms with Crippen molar-refractivity contribution in [2.75, 3.05) is 20.0 Å². The average molecular weight is 243 g/mol. The molecule has 0 saturated heterocycles. The summed E-state index contributed by atoms with van der Waals surface area (Å²) in [6.07, 6.45) is 0. The summed E-state index contributed by atoms with van der Waals surface area (Å²) in [7, 11) is 3.30. The van der Waals surface area contributed by atoms with E-state index in [2.05, 4.69) is 0 Å². The lowest BCUT2D eigenvalue weighted by molar-refractivity contribution is 0.397. The lowest BCUT2D eigenvalue weighted by atomic mass is 10.0. The third-order valence-corrected chi connectivity index (χ3v) is 3.00. The molecule has 3 nitrogen and oxygen atoms in total. The molecule has 0 radical (unpaired) electrons. The molecule has 0 bridgehead atoms. The van der Waals surface area contributed by atoms with Gasteiger partial charge in [-0.1, -0.05) is 18.2 Å².